The van der Waals surface area contributed by atoms with Crippen molar-refractivity contribution in [2.24, 2.45) is 0 Å². The smallest absolute Gasteiger partial charge is 0.225 e. The average Bonchev–Trinajstić information content (AvgIpc) is 2.65. The monoisotopic (exact) mass is 339 g/mol. The number of carbonyl (C=O) groups is 1. The number of amides is 1. The predicted molar refractivity (Wildman–Crippen MR) is 95.7 cm³/mol. The SMILES string of the molecule is COc1ccc(CNCCC(=O)Nc2cccc(C#N)c2)cc1OC. The maximum absolute atomic E-state index is 11.9. The number of rotatable bonds is 8. The Balaban J connectivity index is 1.77. The van der Waals surface area contributed by atoms with Gasteiger partial charge in [0.1, 0.15) is 0 Å². The Kier molecular flexibility index (Phi) is 6.81. The molecule has 0 aliphatic carbocycles. The average molecular weight is 339 g/mol. The molecule has 0 aliphatic rings. The highest BCUT2D eigenvalue weighted by Crippen LogP contribution is 2.27. The maximum atomic E-state index is 11.9. The number of carbonyl (C=O) groups excluding carboxylic acids is 1. The fourth-order valence-electron chi connectivity index (χ4n) is 2.32. The third-order valence-corrected chi connectivity index (χ3v) is 3.58. The summed E-state index contributed by atoms with van der Waals surface area (Å²) in [6, 6.07) is 14.6. The Morgan fingerprint density at radius 1 is 1.12 bits per heavy atom. The lowest BCUT2D eigenvalue weighted by Gasteiger charge is -2.10. The Labute approximate surface area is 147 Å². The van der Waals surface area contributed by atoms with Gasteiger partial charge in [-0.2, -0.15) is 5.26 Å². The van der Waals surface area contributed by atoms with Crippen molar-refractivity contribution in [3.05, 3.63) is 53.6 Å². The second kappa shape index (κ2) is 9.30. The summed E-state index contributed by atoms with van der Waals surface area (Å²) in [7, 11) is 3.20. The van der Waals surface area contributed by atoms with Gasteiger partial charge in [-0.25, -0.2) is 0 Å². The van der Waals surface area contributed by atoms with Crippen molar-refractivity contribution in [1.82, 2.24) is 5.32 Å². The zero-order chi connectivity index (χ0) is 18.1. The molecule has 130 valence electrons. The molecule has 6 heteroatoms. The highest BCUT2D eigenvalue weighted by molar-refractivity contribution is 5.90. The van der Waals surface area contributed by atoms with E-state index in [1.165, 1.54) is 0 Å². The van der Waals surface area contributed by atoms with E-state index in [0.717, 1.165) is 5.56 Å². The van der Waals surface area contributed by atoms with Crippen LogP contribution < -0.4 is 20.1 Å². The summed E-state index contributed by atoms with van der Waals surface area (Å²) in [6.45, 7) is 1.16. The zero-order valence-electron chi connectivity index (χ0n) is 14.3. The van der Waals surface area contributed by atoms with Crippen LogP contribution in [0.25, 0.3) is 0 Å². The molecule has 0 atom stereocenters. The first kappa shape index (κ1) is 18.3. The number of nitrogens with zero attached hydrogens (tertiary/aromatic N) is 1. The van der Waals surface area contributed by atoms with Crippen LogP contribution in [-0.4, -0.2) is 26.7 Å². The highest BCUT2D eigenvalue weighted by atomic mass is 16.5. The summed E-state index contributed by atoms with van der Waals surface area (Å²) in [5.74, 6) is 1.26. The van der Waals surface area contributed by atoms with E-state index in [2.05, 4.69) is 10.6 Å². The number of methoxy groups -OCH3 is 2. The second-order valence-electron chi connectivity index (χ2n) is 5.36. The summed E-state index contributed by atoms with van der Waals surface area (Å²) >= 11 is 0. The van der Waals surface area contributed by atoms with Crippen molar-refractivity contribution in [2.45, 2.75) is 13.0 Å². The maximum Gasteiger partial charge on any atom is 0.225 e. The van der Waals surface area contributed by atoms with Gasteiger partial charge in [-0.05, 0) is 35.9 Å². The van der Waals surface area contributed by atoms with E-state index in [4.69, 9.17) is 14.7 Å². The fourth-order valence-corrected chi connectivity index (χ4v) is 2.32. The van der Waals surface area contributed by atoms with Crippen LogP contribution in [0.3, 0.4) is 0 Å². The van der Waals surface area contributed by atoms with Gasteiger partial charge in [-0.15, -0.1) is 0 Å². The lowest BCUT2D eigenvalue weighted by atomic mass is 10.2. The van der Waals surface area contributed by atoms with Crippen LogP contribution in [0.2, 0.25) is 0 Å². The number of nitriles is 1. The van der Waals surface area contributed by atoms with E-state index < -0.39 is 0 Å². The first-order chi connectivity index (χ1) is 12.2. The highest BCUT2D eigenvalue weighted by Gasteiger charge is 2.05. The minimum absolute atomic E-state index is 0.102. The number of anilines is 1. The van der Waals surface area contributed by atoms with E-state index in [0.29, 0.717) is 42.3 Å². The molecule has 0 heterocycles. The molecule has 0 spiro atoms. The molecule has 2 aromatic rings. The lowest BCUT2D eigenvalue weighted by Crippen LogP contribution is -2.21. The Hall–Kier alpha value is -3.04. The normalized spacial score (nSPS) is 9.96. The van der Waals surface area contributed by atoms with Crippen molar-refractivity contribution in [3.8, 4) is 17.6 Å². The van der Waals surface area contributed by atoms with Gasteiger partial charge in [-0.1, -0.05) is 12.1 Å². The predicted octanol–water partition coefficient (Wildman–Crippen LogP) is 2.69. The molecular formula is C19H21N3O3. The molecule has 0 fully saturated rings. The van der Waals surface area contributed by atoms with Crippen LogP contribution in [0.5, 0.6) is 11.5 Å². The fraction of sp³-hybridized carbons (Fsp3) is 0.263. The molecular weight excluding hydrogens is 318 g/mol. The molecule has 0 aromatic heterocycles. The number of hydrogen-bond donors (Lipinski definition) is 2. The number of nitrogens with one attached hydrogen (secondary N) is 2. The van der Waals surface area contributed by atoms with E-state index in [-0.39, 0.29) is 5.91 Å². The van der Waals surface area contributed by atoms with Crippen LogP contribution in [0.1, 0.15) is 17.5 Å². The third-order valence-electron chi connectivity index (χ3n) is 3.58. The van der Waals surface area contributed by atoms with Crippen LogP contribution in [0, 0.1) is 11.3 Å². The Bertz CT molecular complexity index is 769. The van der Waals surface area contributed by atoms with E-state index in [1.54, 1.807) is 38.5 Å². The van der Waals surface area contributed by atoms with Crippen molar-refractivity contribution >= 4 is 11.6 Å². The van der Waals surface area contributed by atoms with Gasteiger partial charge in [0.05, 0.1) is 25.9 Å². The van der Waals surface area contributed by atoms with E-state index >= 15 is 0 Å². The minimum atomic E-state index is -0.102. The molecule has 2 aromatic carbocycles. The Morgan fingerprint density at radius 3 is 2.64 bits per heavy atom. The van der Waals surface area contributed by atoms with Crippen LogP contribution >= 0.6 is 0 Å². The summed E-state index contributed by atoms with van der Waals surface area (Å²) in [5.41, 5.74) is 2.19. The molecule has 0 unspecified atom stereocenters. The van der Waals surface area contributed by atoms with Gasteiger partial charge >= 0.3 is 0 Å². The quantitative estimate of drug-likeness (QED) is 0.723. The number of ether oxygens (including phenoxy) is 2. The van der Waals surface area contributed by atoms with Crippen molar-refractivity contribution in [2.75, 3.05) is 26.1 Å². The van der Waals surface area contributed by atoms with Crippen LogP contribution in [-0.2, 0) is 11.3 Å². The van der Waals surface area contributed by atoms with Gasteiger partial charge in [0, 0.05) is 25.2 Å². The Morgan fingerprint density at radius 2 is 1.92 bits per heavy atom. The topological polar surface area (TPSA) is 83.4 Å². The zero-order valence-corrected chi connectivity index (χ0v) is 14.3. The minimum Gasteiger partial charge on any atom is -0.493 e. The van der Waals surface area contributed by atoms with Gasteiger partial charge in [0.25, 0.3) is 0 Å². The number of hydrogen-bond acceptors (Lipinski definition) is 5. The van der Waals surface area contributed by atoms with Crippen LogP contribution in [0.15, 0.2) is 42.5 Å². The molecule has 0 saturated heterocycles. The van der Waals surface area contributed by atoms with Crippen LogP contribution in [0.4, 0.5) is 5.69 Å². The van der Waals surface area contributed by atoms with Crippen molar-refractivity contribution < 1.29 is 14.3 Å². The first-order valence-electron chi connectivity index (χ1n) is 7.88. The molecule has 2 N–H and O–H groups in total. The molecule has 0 bridgehead atoms. The summed E-state index contributed by atoms with van der Waals surface area (Å²) in [5, 5.41) is 14.9. The lowest BCUT2D eigenvalue weighted by molar-refractivity contribution is -0.116. The summed E-state index contributed by atoms with van der Waals surface area (Å²) in [4.78, 5) is 11.9. The van der Waals surface area contributed by atoms with E-state index in [9.17, 15) is 4.79 Å². The standard InChI is InChI=1S/C19H21N3O3/c1-24-17-7-6-15(11-18(17)25-2)13-21-9-8-19(23)22-16-5-3-4-14(10-16)12-20/h3-7,10-11,21H,8-9,13H2,1-2H3,(H,22,23). The third kappa shape index (κ3) is 5.52. The van der Waals surface area contributed by atoms with Crippen molar-refractivity contribution in [1.29, 1.82) is 5.26 Å². The molecule has 6 nitrogen and oxygen atoms in total. The number of benzene rings is 2. The van der Waals surface area contributed by atoms with Gasteiger partial charge in [-0.3, -0.25) is 4.79 Å². The molecule has 1 amide bonds. The molecule has 25 heavy (non-hydrogen) atoms. The molecule has 2 rings (SSSR count). The van der Waals surface area contributed by atoms with E-state index in [1.807, 2.05) is 24.3 Å². The molecule has 0 saturated carbocycles. The van der Waals surface area contributed by atoms with Gasteiger partial charge < -0.3 is 20.1 Å². The largest absolute Gasteiger partial charge is 0.493 e. The van der Waals surface area contributed by atoms with Gasteiger partial charge in [0.15, 0.2) is 11.5 Å². The summed E-state index contributed by atoms with van der Waals surface area (Å²) in [6.07, 6.45) is 0.337. The second-order valence-corrected chi connectivity index (χ2v) is 5.36. The van der Waals surface area contributed by atoms with Crippen molar-refractivity contribution in [3.63, 3.8) is 0 Å². The van der Waals surface area contributed by atoms with Gasteiger partial charge in [0.2, 0.25) is 5.91 Å². The molecule has 0 radical (unpaired) electrons. The summed E-state index contributed by atoms with van der Waals surface area (Å²) < 4.78 is 10.5. The first-order valence-corrected chi connectivity index (χ1v) is 7.88. The molecule has 0 aliphatic heterocycles.